The van der Waals surface area contributed by atoms with Crippen LogP contribution in [0.5, 0.6) is 5.75 Å². The van der Waals surface area contributed by atoms with Crippen LogP contribution in [0.1, 0.15) is 6.42 Å². The summed E-state index contributed by atoms with van der Waals surface area (Å²) in [6, 6.07) is 6.83. The van der Waals surface area contributed by atoms with Crippen LogP contribution < -0.4 is 10.5 Å². The number of carbonyl (C=O) groups is 1. The van der Waals surface area contributed by atoms with Gasteiger partial charge in [0, 0.05) is 10.9 Å². The van der Waals surface area contributed by atoms with E-state index in [4.69, 9.17) is 10.5 Å². The van der Waals surface area contributed by atoms with Crippen LogP contribution in [0.3, 0.4) is 0 Å². The molecule has 0 fully saturated rings. The van der Waals surface area contributed by atoms with E-state index in [0.717, 1.165) is 10.2 Å². The van der Waals surface area contributed by atoms with Crippen LogP contribution in [0.15, 0.2) is 28.7 Å². The Kier molecular flexibility index (Phi) is 5.28. The van der Waals surface area contributed by atoms with E-state index in [1.165, 1.54) is 7.11 Å². The van der Waals surface area contributed by atoms with E-state index < -0.39 is 12.0 Å². The average molecular weight is 288 g/mol. The molecule has 0 spiro atoms. The highest BCUT2D eigenvalue weighted by atomic mass is 79.9. The van der Waals surface area contributed by atoms with Crippen LogP contribution in [-0.4, -0.2) is 25.7 Å². The lowest BCUT2D eigenvalue weighted by atomic mass is 10.2. The van der Waals surface area contributed by atoms with Crippen molar-refractivity contribution in [2.75, 3.05) is 13.7 Å². The molecule has 0 bridgehead atoms. The number of hydrogen-bond donors (Lipinski definition) is 1. The third kappa shape index (κ3) is 4.20. The van der Waals surface area contributed by atoms with E-state index in [0.29, 0.717) is 13.0 Å². The van der Waals surface area contributed by atoms with E-state index in [1.807, 2.05) is 24.3 Å². The maximum absolute atomic E-state index is 11.0. The first kappa shape index (κ1) is 13.0. The van der Waals surface area contributed by atoms with E-state index in [1.54, 1.807) is 0 Å². The molecule has 0 amide bonds. The fourth-order valence-electron chi connectivity index (χ4n) is 1.10. The molecule has 0 aliphatic carbocycles. The number of halogens is 1. The Bertz CT molecular complexity index is 340. The Morgan fingerprint density at radius 3 is 2.62 bits per heavy atom. The van der Waals surface area contributed by atoms with Crippen molar-refractivity contribution in [3.05, 3.63) is 28.7 Å². The van der Waals surface area contributed by atoms with Gasteiger partial charge in [0.05, 0.1) is 13.7 Å². The van der Waals surface area contributed by atoms with Gasteiger partial charge in [0.15, 0.2) is 0 Å². The van der Waals surface area contributed by atoms with Crippen molar-refractivity contribution in [3.63, 3.8) is 0 Å². The Balaban J connectivity index is 2.30. The highest BCUT2D eigenvalue weighted by Crippen LogP contribution is 2.16. The zero-order valence-electron chi connectivity index (χ0n) is 8.98. The van der Waals surface area contributed by atoms with Crippen LogP contribution in [0.2, 0.25) is 0 Å². The summed E-state index contributed by atoms with van der Waals surface area (Å²) >= 11 is 3.33. The van der Waals surface area contributed by atoms with E-state index in [-0.39, 0.29) is 0 Å². The first-order valence-electron chi connectivity index (χ1n) is 4.85. The number of benzene rings is 1. The smallest absolute Gasteiger partial charge is 0.322 e. The Hall–Kier alpha value is -1.07. The van der Waals surface area contributed by atoms with Crippen molar-refractivity contribution in [1.82, 2.24) is 0 Å². The molecule has 0 aliphatic rings. The number of carbonyl (C=O) groups excluding carboxylic acids is 1. The van der Waals surface area contributed by atoms with Crippen molar-refractivity contribution < 1.29 is 14.3 Å². The van der Waals surface area contributed by atoms with Crippen molar-refractivity contribution in [2.45, 2.75) is 12.5 Å². The molecule has 0 aromatic heterocycles. The van der Waals surface area contributed by atoms with Gasteiger partial charge in [-0.2, -0.15) is 0 Å². The summed E-state index contributed by atoms with van der Waals surface area (Å²) in [5.41, 5.74) is 5.55. The molecule has 88 valence electrons. The maximum Gasteiger partial charge on any atom is 0.322 e. The lowest BCUT2D eigenvalue weighted by Crippen LogP contribution is -2.33. The van der Waals surface area contributed by atoms with Gasteiger partial charge in [-0.3, -0.25) is 4.79 Å². The summed E-state index contributed by atoms with van der Waals surface area (Å²) < 4.78 is 10.9. The number of esters is 1. The normalized spacial score (nSPS) is 11.9. The minimum Gasteiger partial charge on any atom is -0.494 e. The summed E-state index contributed by atoms with van der Waals surface area (Å²) in [4.78, 5) is 11.0. The van der Waals surface area contributed by atoms with Crippen LogP contribution in [0.25, 0.3) is 0 Å². The zero-order chi connectivity index (χ0) is 12.0. The lowest BCUT2D eigenvalue weighted by Gasteiger charge is -2.10. The first-order valence-corrected chi connectivity index (χ1v) is 5.64. The minimum absolute atomic E-state index is 0.387. The first-order chi connectivity index (χ1) is 7.63. The number of hydrogen-bond acceptors (Lipinski definition) is 4. The molecule has 0 aliphatic heterocycles. The molecule has 1 atom stereocenters. The van der Waals surface area contributed by atoms with Crippen molar-refractivity contribution in [1.29, 1.82) is 0 Å². The lowest BCUT2D eigenvalue weighted by molar-refractivity contribution is -0.142. The summed E-state index contributed by atoms with van der Waals surface area (Å²) in [7, 11) is 1.32. The fraction of sp³-hybridized carbons (Fsp3) is 0.364. The molecule has 0 heterocycles. The SMILES string of the molecule is COC(=O)C(N)CCOc1ccc(Br)cc1. The highest BCUT2D eigenvalue weighted by molar-refractivity contribution is 9.10. The average Bonchev–Trinajstić information content (AvgIpc) is 2.30. The molecule has 0 radical (unpaired) electrons. The van der Waals surface area contributed by atoms with Crippen LogP contribution in [0.4, 0.5) is 0 Å². The van der Waals surface area contributed by atoms with Crippen LogP contribution >= 0.6 is 15.9 Å². The van der Waals surface area contributed by atoms with Gasteiger partial charge in [-0.05, 0) is 24.3 Å². The molecule has 1 aromatic rings. The van der Waals surface area contributed by atoms with Gasteiger partial charge in [0.1, 0.15) is 11.8 Å². The number of methoxy groups -OCH3 is 1. The van der Waals surface area contributed by atoms with E-state index in [9.17, 15) is 4.79 Å². The third-order valence-electron chi connectivity index (χ3n) is 2.02. The van der Waals surface area contributed by atoms with Gasteiger partial charge >= 0.3 is 5.97 Å². The Morgan fingerprint density at radius 2 is 2.06 bits per heavy atom. The quantitative estimate of drug-likeness (QED) is 0.838. The highest BCUT2D eigenvalue weighted by Gasteiger charge is 2.13. The molecular formula is C11H14BrNO3. The second-order valence-electron chi connectivity index (χ2n) is 3.22. The summed E-state index contributed by atoms with van der Waals surface area (Å²) in [5.74, 6) is 0.333. The topological polar surface area (TPSA) is 61.5 Å². The molecular weight excluding hydrogens is 274 g/mol. The van der Waals surface area contributed by atoms with Gasteiger partial charge < -0.3 is 15.2 Å². The predicted molar refractivity (Wildman–Crippen MR) is 64.2 cm³/mol. The van der Waals surface area contributed by atoms with Gasteiger partial charge in [-0.25, -0.2) is 0 Å². The molecule has 1 rings (SSSR count). The summed E-state index contributed by atoms with van der Waals surface area (Å²) in [5, 5.41) is 0. The minimum atomic E-state index is -0.625. The van der Waals surface area contributed by atoms with Gasteiger partial charge in [-0.1, -0.05) is 15.9 Å². The summed E-state index contributed by atoms with van der Waals surface area (Å²) in [6.07, 6.45) is 0.433. The van der Waals surface area contributed by atoms with Crippen LogP contribution in [0, 0.1) is 0 Å². The van der Waals surface area contributed by atoms with E-state index in [2.05, 4.69) is 20.7 Å². The van der Waals surface area contributed by atoms with Crippen LogP contribution in [-0.2, 0) is 9.53 Å². The largest absolute Gasteiger partial charge is 0.494 e. The second-order valence-corrected chi connectivity index (χ2v) is 4.14. The van der Waals surface area contributed by atoms with E-state index >= 15 is 0 Å². The van der Waals surface area contributed by atoms with Gasteiger partial charge in [0.25, 0.3) is 0 Å². The summed E-state index contributed by atoms with van der Waals surface area (Å²) in [6.45, 7) is 0.387. The number of rotatable bonds is 5. The molecule has 16 heavy (non-hydrogen) atoms. The molecule has 4 nitrogen and oxygen atoms in total. The van der Waals surface area contributed by atoms with Gasteiger partial charge in [-0.15, -0.1) is 0 Å². The molecule has 1 unspecified atom stereocenters. The Labute approximate surface area is 103 Å². The number of ether oxygens (including phenoxy) is 2. The molecule has 0 saturated carbocycles. The van der Waals surface area contributed by atoms with Crippen molar-refractivity contribution in [2.24, 2.45) is 5.73 Å². The predicted octanol–water partition coefficient (Wildman–Crippen LogP) is 1.72. The fourth-order valence-corrected chi connectivity index (χ4v) is 1.37. The second kappa shape index (κ2) is 6.50. The molecule has 2 N–H and O–H groups in total. The maximum atomic E-state index is 11.0. The monoisotopic (exact) mass is 287 g/mol. The van der Waals surface area contributed by atoms with Crippen molar-refractivity contribution in [3.8, 4) is 5.75 Å². The molecule has 0 saturated heterocycles. The zero-order valence-corrected chi connectivity index (χ0v) is 10.6. The third-order valence-corrected chi connectivity index (χ3v) is 2.54. The van der Waals surface area contributed by atoms with Gasteiger partial charge in [0.2, 0.25) is 0 Å². The molecule has 1 aromatic carbocycles. The standard InChI is InChI=1S/C11H14BrNO3/c1-15-11(14)10(13)6-7-16-9-4-2-8(12)3-5-9/h2-5,10H,6-7,13H2,1H3. The molecule has 5 heteroatoms. The Morgan fingerprint density at radius 1 is 1.44 bits per heavy atom. The van der Waals surface area contributed by atoms with Crippen molar-refractivity contribution >= 4 is 21.9 Å². The number of nitrogens with two attached hydrogens (primary N) is 1.